The lowest BCUT2D eigenvalue weighted by molar-refractivity contribution is -0.385. The Bertz CT molecular complexity index is 779. The number of hydrogen-bond acceptors (Lipinski definition) is 5. The lowest BCUT2D eigenvalue weighted by Gasteiger charge is -2.12. The van der Waals surface area contributed by atoms with Crippen LogP contribution in [0.25, 0.3) is 0 Å². The predicted octanol–water partition coefficient (Wildman–Crippen LogP) is 3.53. The third-order valence-corrected chi connectivity index (χ3v) is 3.85. The molecule has 0 saturated heterocycles. The number of nitrogens with one attached hydrogen (secondary N) is 1. The summed E-state index contributed by atoms with van der Waals surface area (Å²) < 4.78 is 11.5. The molecule has 126 valence electrons. The van der Waals surface area contributed by atoms with Crippen LogP contribution < -0.4 is 14.8 Å². The Morgan fingerprint density at radius 1 is 1.25 bits per heavy atom. The van der Waals surface area contributed by atoms with E-state index in [1.165, 1.54) is 25.3 Å². The van der Waals surface area contributed by atoms with Crippen molar-refractivity contribution in [3.05, 3.63) is 55.6 Å². The van der Waals surface area contributed by atoms with E-state index in [2.05, 4.69) is 27.9 Å². The van der Waals surface area contributed by atoms with Gasteiger partial charge in [-0.15, -0.1) is 0 Å². The first kappa shape index (κ1) is 18.0. The van der Waals surface area contributed by atoms with E-state index in [9.17, 15) is 14.9 Å². The van der Waals surface area contributed by atoms with Gasteiger partial charge < -0.3 is 14.8 Å². The van der Waals surface area contributed by atoms with E-state index in [4.69, 9.17) is 9.47 Å². The van der Waals surface area contributed by atoms with Crippen LogP contribution in [0.15, 0.2) is 36.4 Å². The van der Waals surface area contributed by atoms with Gasteiger partial charge in [-0.2, -0.15) is 0 Å². The first-order valence-electron chi connectivity index (χ1n) is 6.92. The number of amides is 1. The fourth-order valence-electron chi connectivity index (χ4n) is 1.99. The van der Waals surface area contributed by atoms with E-state index in [0.717, 1.165) is 9.13 Å². The minimum atomic E-state index is -0.540. The number of methoxy groups -OCH3 is 1. The van der Waals surface area contributed by atoms with E-state index in [0.29, 0.717) is 11.4 Å². The summed E-state index contributed by atoms with van der Waals surface area (Å²) in [7, 11) is 1.42. The highest BCUT2D eigenvalue weighted by molar-refractivity contribution is 14.1. The molecule has 0 bridgehead atoms. The zero-order valence-electron chi connectivity index (χ0n) is 13.0. The molecule has 0 atom stereocenters. The van der Waals surface area contributed by atoms with Crippen molar-refractivity contribution in [3.63, 3.8) is 0 Å². The topological polar surface area (TPSA) is 90.7 Å². The number of nitro groups is 1. The molecule has 0 fully saturated rings. The minimum absolute atomic E-state index is 0.139. The summed E-state index contributed by atoms with van der Waals surface area (Å²) in [6.45, 7) is 1.60. The second-order valence-corrected chi connectivity index (χ2v) is 6.13. The molecule has 2 rings (SSSR count). The van der Waals surface area contributed by atoms with Crippen LogP contribution in [0.1, 0.15) is 5.56 Å². The third-order valence-electron chi connectivity index (χ3n) is 3.18. The Kier molecular flexibility index (Phi) is 5.96. The quantitative estimate of drug-likeness (QED) is 0.420. The van der Waals surface area contributed by atoms with Gasteiger partial charge in [0.15, 0.2) is 18.1 Å². The number of ether oxygens (including phenoxy) is 2. The monoisotopic (exact) mass is 442 g/mol. The smallest absolute Gasteiger partial charge is 0.273 e. The Morgan fingerprint density at radius 2 is 2.00 bits per heavy atom. The molecule has 0 aliphatic carbocycles. The van der Waals surface area contributed by atoms with Gasteiger partial charge in [0.2, 0.25) is 0 Å². The van der Waals surface area contributed by atoms with Gasteiger partial charge in [0.25, 0.3) is 11.6 Å². The molecule has 0 aliphatic rings. The van der Waals surface area contributed by atoms with Gasteiger partial charge in [0.1, 0.15) is 0 Å². The molecule has 0 unspecified atom stereocenters. The molecule has 0 heterocycles. The van der Waals surface area contributed by atoms with Crippen molar-refractivity contribution in [1.82, 2.24) is 0 Å². The van der Waals surface area contributed by atoms with Crippen molar-refractivity contribution in [2.24, 2.45) is 0 Å². The van der Waals surface area contributed by atoms with Crippen molar-refractivity contribution < 1.29 is 19.2 Å². The van der Waals surface area contributed by atoms with Crippen molar-refractivity contribution in [1.29, 1.82) is 0 Å². The van der Waals surface area contributed by atoms with Crippen molar-refractivity contribution >= 4 is 39.9 Å². The van der Waals surface area contributed by atoms with E-state index >= 15 is 0 Å². The highest BCUT2D eigenvalue weighted by Crippen LogP contribution is 2.31. The molecular formula is C16H15IN2O5. The first-order valence-corrected chi connectivity index (χ1v) is 8.00. The Balaban J connectivity index is 2.05. The first-order chi connectivity index (χ1) is 11.4. The maximum atomic E-state index is 12.0. The molecule has 2 aromatic carbocycles. The van der Waals surface area contributed by atoms with Crippen LogP contribution in [0, 0.1) is 20.6 Å². The average molecular weight is 442 g/mol. The highest BCUT2D eigenvalue weighted by atomic mass is 127. The van der Waals surface area contributed by atoms with Crippen LogP contribution >= 0.6 is 22.6 Å². The number of carbonyl (C=O) groups is 1. The van der Waals surface area contributed by atoms with Crippen molar-refractivity contribution in [3.8, 4) is 11.5 Å². The highest BCUT2D eigenvalue weighted by Gasteiger charge is 2.14. The third kappa shape index (κ3) is 4.57. The Hall–Kier alpha value is -2.36. The average Bonchev–Trinajstić information content (AvgIpc) is 2.55. The zero-order chi connectivity index (χ0) is 17.7. The Morgan fingerprint density at radius 3 is 2.62 bits per heavy atom. The number of halogens is 1. The number of nitrogens with zero attached hydrogens (tertiary/aromatic N) is 1. The van der Waals surface area contributed by atoms with Gasteiger partial charge >= 0.3 is 0 Å². The molecule has 1 amide bonds. The zero-order valence-corrected chi connectivity index (χ0v) is 15.2. The largest absolute Gasteiger partial charge is 0.493 e. The SMILES string of the molecule is COc1ccc([N+](=O)[O-])cc1OCC(=O)Nc1ccc(I)cc1C. The maximum absolute atomic E-state index is 12.0. The van der Waals surface area contributed by atoms with E-state index in [-0.39, 0.29) is 24.0 Å². The van der Waals surface area contributed by atoms with E-state index in [1.54, 1.807) is 0 Å². The number of anilines is 1. The fourth-order valence-corrected chi connectivity index (χ4v) is 2.64. The second-order valence-electron chi connectivity index (χ2n) is 4.89. The molecule has 7 nitrogen and oxygen atoms in total. The molecule has 0 spiro atoms. The number of benzene rings is 2. The molecule has 0 radical (unpaired) electrons. The number of carbonyl (C=O) groups excluding carboxylic acids is 1. The van der Waals surface area contributed by atoms with Gasteiger partial charge in [0.05, 0.1) is 18.1 Å². The van der Waals surface area contributed by atoms with Crippen molar-refractivity contribution in [2.45, 2.75) is 6.92 Å². The summed E-state index contributed by atoms with van der Waals surface area (Å²) in [4.78, 5) is 22.3. The molecule has 1 N–H and O–H groups in total. The van der Waals surface area contributed by atoms with Crippen LogP contribution in [-0.2, 0) is 4.79 Å². The standard InChI is InChI=1S/C16H15IN2O5/c1-10-7-11(17)3-5-13(10)18-16(20)9-24-15-8-12(19(21)22)4-6-14(15)23-2/h3-8H,9H2,1-2H3,(H,18,20). The van der Waals surface area contributed by atoms with Crippen LogP contribution in [0.5, 0.6) is 11.5 Å². The van der Waals surface area contributed by atoms with Crippen molar-refractivity contribution in [2.75, 3.05) is 19.0 Å². The number of hydrogen-bond donors (Lipinski definition) is 1. The summed E-state index contributed by atoms with van der Waals surface area (Å²) in [5.74, 6) is 0.0906. The molecule has 2 aromatic rings. The van der Waals surface area contributed by atoms with Gasteiger partial charge in [0, 0.05) is 15.3 Å². The minimum Gasteiger partial charge on any atom is -0.493 e. The number of aryl methyl sites for hydroxylation is 1. The predicted molar refractivity (Wildman–Crippen MR) is 97.7 cm³/mol. The molecule has 0 aliphatic heterocycles. The van der Waals surface area contributed by atoms with Gasteiger partial charge in [-0.05, 0) is 59.3 Å². The number of nitro benzene ring substituents is 1. The van der Waals surface area contributed by atoms with Crippen LogP contribution in [0.4, 0.5) is 11.4 Å². The fraction of sp³-hybridized carbons (Fsp3) is 0.188. The van der Waals surface area contributed by atoms with E-state index < -0.39 is 4.92 Å². The normalized spacial score (nSPS) is 10.1. The lowest BCUT2D eigenvalue weighted by atomic mass is 10.2. The summed E-state index contributed by atoms with van der Waals surface area (Å²) in [6, 6.07) is 9.59. The van der Waals surface area contributed by atoms with Gasteiger partial charge in [-0.3, -0.25) is 14.9 Å². The number of non-ortho nitro benzene ring substituents is 1. The molecular weight excluding hydrogens is 427 g/mol. The molecule has 0 aromatic heterocycles. The number of rotatable bonds is 6. The van der Waals surface area contributed by atoms with Crippen LogP contribution in [-0.4, -0.2) is 24.5 Å². The molecule has 24 heavy (non-hydrogen) atoms. The van der Waals surface area contributed by atoms with Crippen LogP contribution in [0.3, 0.4) is 0 Å². The molecule has 8 heteroatoms. The van der Waals surface area contributed by atoms with Gasteiger partial charge in [-0.25, -0.2) is 0 Å². The maximum Gasteiger partial charge on any atom is 0.273 e. The summed E-state index contributed by atoms with van der Waals surface area (Å²) in [5, 5.41) is 13.6. The molecule has 0 saturated carbocycles. The Labute approximate surface area is 152 Å². The summed E-state index contributed by atoms with van der Waals surface area (Å²) in [5.41, 5.74) is 1.48. The second kappa shape index (κ2) is 7.95. The summed E-state index contributed by atoms with van der Waals surface area (Å²) in [6.07, 6.45) is 0. The van der Waals surface area contributed by atoms with E-state index in [1.807, 2.05) is 25.1 Å². The lowest BCUT2D eigenvalue weighted by Crippen LogP contribution is -2.20. The van der Waals surface area contributed by atoms with Gasteiger partial charge in [-0.1, -0.05) is 0 Å². The summed E-state index contributed by atoms with van der Waals surface area (Å²) >= 11 is 2.19. The van der Waals surface area contributed by atoms with Crippen LogP contribution in [0.2, 0.25) is 0 Å².